The highest BCUT2D eigenvalue weighted by Gasteiger charge is 2.21. The summed E-state index contributed by atoms with van der Waals surface area (Å²) >= 11 is 1.31. The summed E-state index contributed by atoms with van der Waals surface area (Å²) in [5.74, 6) is 0.172. The summed E-state index contributed by atoms with van der Waals surface area (Å²) in [6.45, 7) is 6.05. The van der Waals surface area contributed by atoms with Crippen LogP contribution in [-0.2, 0) is 4.74 Å². The third-order valence-electron chi connectivity index (χ3n) is 4.89. The summed E-state index contributed by atoms with van der Waals surface area (Å²) < 4.78 is 6.79. The fourth-order valence-corrected chi connectivity index (χ4v) is 4.38. The standard InChI is InChI=1S/C21H18N6O2S/c1-4-29-21(28)17-12(3)16-19-23-18(26-27(19)10-22-20(16)30-17)15-9-14(24-25-15)13-7-5-11(2)6-8-13/h5-10H,4H2,1-3H3,(H,24,25). The lowest BCUT2D eigenvalue weighted by Crippen LogP contribution is -2.03. The van der Waals surface area contributed by atoms with Gasteiger partial charge < -0.3 is 4.74 Å². The Bertz CT molecular complexity index is 1400. The topological polar surface area (TPSA) is 98.1 Å². The molecule has 1 aromatic carbocycles. The minimum Gasteiger partial charge on any atom is -0.462 e. The Kier molecular flexibility index (Phi) is 4.32. The van der Waals surface area contributed by atoms with E-state index in [0.717, 1.165) is 27.0 Å². The molecule has 9 heteroatoms. The third-order valence-corrected chi connectivity index (χ3v) is 6.07. The maximum Gasteiger partial charge on any atom is 0.348 e. The van der Waals surface area contributed by atoms with Crippen LogP contribution in [0, 0.1) is 13.8 Å². The molecule has 0 spiro atoms. The monoisotopic (exact) mass is 418 g/mol. The van der Waals surface area contributed by atoms with Gasteiger partial charge in [0.05, 0.1) is 17.7 Å². The van der Waals surface area contributed by atoms with E-state index in [9.17, 15) is 4.79 Å². The lowest BCUT2D eigenvalue weighted by atomic mass is 10.1. The molecular formula is C21H18N6O2S. The summed E-state index contributed by atoms with van der Waals surface area (Å²) in [5.41, 5.74) is 5.19. The van der Waals surface area contributed by atoms with Gasteiger partial charge in [-0.1, -0.05) is 29.8 Å². The zero-order chi connectivity index (χ0) is 20.8. The SMILES string of the molecule is CCOC(=O)c1sc2ncn3nc(-c4cc(-c5ccc(C)cc5)n[nH]4)nc3c2c1C. The number of carbonyl (C=O) groups is 1. The van der Waals surface area contributed by atoms with Crippen molar-refractivity contribution in [3.63, 3.8) is 0 Å². The Morgan fingerprint density at radius 2 is 2.03 bits per heavy atom. The Labute approximate surface area is 175 Å². The number of benzene rings is 1. The molecule has 4 aromatic heterocycles. The van der Waals surface area contributed by atoms with Gasteiger partial charge in [0.15, 0.2) is 11.5 Å². The van der Waals surface area contributed by atoms with Crippen LogP contribution in [0.15, 0.2) is 36.7 Å². The summed E-state index contributed by atoms with van der Waals surface area (Å²) in [6, 6.07) is 10.1. The van der Waals surface area contributed by atoms with E-state index >= 15 is 0 Å². The molecule has 0 bridgehead atoms. The molecule has 5 aromatic rings. The molecule has 5 rings (SSSR count). The van der Waals surface area contributed by atoms with E-state index in [1.165, 1.54) is 16.9 Å². The molecule has 4 heterocycles. The number of hydrogen-bond donors (Lipinski definition) is 1. The van der Waals surface area contributed by atoms with E-state index in [2.05, 4.69) is 39.3 Å². The molecule has 0 saturated heterocycles. The predicted octanol–water partition coefficient (Wildman–Crippen LogP) is 4.19. The maximum absolute atomic E-state index is 12.3. The number of aryl methyl sites for hydroxylation is 2. The number of carbonyl (C=O) groups excluding carboxylic acids is 1. The van der Waals surface area contributed by atoms with Gasteiger partial charge in [-0.05, 0) is 32.4 Å². The molecule has 0 amide bonds. The van der Waals surface area contributed by atoms with Gasteiger partial charge in [-0.2, -0.15) is 5.10 Å². The normalized spacial score (nSPS) is 11.4. The maximum atomic E-state index is 12.3. The Hall–Kier alpha value is -3.59. The smallest absolute Gasteiger partial charge is 0.348 e. The van der Waals surface area contributed by atoms with Gasteiger partial charge in [0.25, 0.3) is 0 Å². The second kappa shape index (κ2) is 7.03. The molecule has 0 radical (unpaired) electrons. The Morgan fingerprint density at radius 1 is 1.23 bits per heavy atom. The lowest BCUT2D eigenvalue weighted by Gasteiger charge is -1.99. The number of thiophene rings is 1. The molecule has 0 aliphatic rings. The van der Waals surface area contributed by atoms with Crippen molar-refractivity contribution in [1.29, 1.82) is 0 Å². The van der Waals surface area contributed by atoms with Crippen LogP contribution in [0.3, 0.4) is 0 Å². The molecule has 150 valence electrons. The Morgan fingerprint density at radius 3 is 2.80 bits per heavy atom. The van der Waals surface area contributed by atoms with Gasteiger partial charge >= 0.3 is 5.97 Å². The minimum absolute atomic E-state index is 0.327. The first-order valence-corrected chi connectivity index (χ1v) is 10.3. The average molecular weight is 418 g/mol. The first-order chi connectivity index (χ1) is 14.5. The summed E-state index contributed by atoms with van der Waals surface area (Å²) in [4.78, 5) is 22.7. The van der Waals surface area contributed by atoms with E-state index in [0.29, 0.717) is 28.6 Å². The van der Waals surface area contributed by atoms with Crippen LogP contribution in [-0.4, -0.2) is 42.4 Å². The predicted molar refractivity (Wildman–Crippen MR) is 115 cm³/mol. The number of nitrogens with zero attached hydrogens (tertiary/aromatic N) is 5. The molecule has 0 fully saturated rings. The van der Waals surface area contributed by atoms with Gasteiger partial charge in [0, 0.05) is 5.56 Å². The molecule has 8 nitrogen and oxygen atoms in total. The summed E-state index contributed by atoms with van der Waals surface area (Å²) in [5, 5.41) is 12.8. The van der Waals surface area contributed by atoms with Crippen molar-refractivity contribution in [1.82, 2.24) is 29.8 Å². The van der Waals surface area contributed by atoms with E-state index in [4.69, 9.17) is 9.72 Å². The average Bonchev–Trinajstić information content (AvgIpc) is 3.45. The van der Waals surface area contributed by atoms with E-state index < -0.39 is 0 Å². The van der Waals surface area contributed by atoms with Crippen LogP contribution >= 0.6 is 11.3 Å². The first kappa shape index (κ1) is 18.4. The van der Waals surface area contributed by atoms with Gasteiger partial charge in [-0.25, -0.2) is 19.3 Å². The highest BCUT2D eigenvalue weighted by molar-refractivity contribution is 7.20. The minimum atomic E-state index is -0.341. The zero-order valence-corrected chi connectivity index (χ0v) is 17.4. The van der Waals surface area contributed by atoms with Gasteiger partial charge in [0.1, 0.15) is 21.7 Å². The number of ether oxygens (including phenoxy) is 1. The van der Waals surface area contributed by atoms with E-state index in [-0.39, 0.29) is 5.97 Å². The van der Waals surface area contributed by atoms with Crippen molar-refractivity contribution in [2.45, 2.75) is 20.8 Å². The fourth-order valence-electron chi connectivity index (χ4n) is 3.35. The van der Waals surface area contributed by atoms with Crippen LogP contribution in [0.25, 0.3) is 38.6 Å². The van der Waals surface area contributed by atoms with Crippen molar-refractivity contribution < 1.29 is 9.53 Å². The first-order valence-electron chi connectivity index (χ1n) is 9.49. The molecule has 30 heavy (non-hydrogen) atoms. The summed E-state index contributed by atoms with van der Waals surface area (Å²) in [7, 11) is 0. The molecular weight excluding hydrogens is 400 g/mol. The van der Waals surface area contributed by atoms with Crippen molar-refractivity contribution >= 4 is 33.2 Å². The number of esters is 1. The van der Waals surface area contributed by atoms with Gasteiger partial charge in [-0.3, -0.25) is 5.10 Å². The van der Waals surface area contributed by atoms with Crippen LogP contribution in [0.2, 0.25) is 0 Å². The van der Waals surface area contributed by atoms with E-state index in [1.807, 2.05) is 25.1 Å². The number of nitrogens with one attached hydrogen (secondary N) is 1. The van der Waals surface area contributed by atoms with Crippen molar-refractivity contribution in [3.05, 3.63) is 52.7 Å². The largest absolute Gasteiger partial charge is 0.462 e. The molecule has 0 saturated carbocycles. The zero-order valence-electron chi connectivity index (χ0n) is 16.6. The number of aromatic nitrogens is 6. The van der Waals surface area contributed by atoms with Crippen LogP contribution < -0.4 is 0 Å². The highest BCUT2D eigenvalue weighted by atomic mass is 32.1. The van der Waals surface area contributed by atoms with Gasteiger partial charge in [0.2, 0.25) is 0 Å². The highest BCUT2D eigenvalue weighted by Crippen LogP contribution is 2.33. The fraction of sp³-hybridized carbons (Fsp3) is 0.190. The number of hydrogen-bond acceptors (Lipinski definition) is 7. The van der Waals surface area contributed by atoms with Crippen molar-refractivity contribution in [3.8, 4) is 22.8 Å². The molecule has 0 atom stereocenters. The number of H-pyrrole nitrogens is 1. The van der Waals surface area contributed by atoms with E-state index in [1.54, 1.807) is 17.8 Å². The van der Waals surface area contributed by atoms with Crippen molar-refractivity contribution in [2.24, 2.45) is 0 Å². The quantitative estimate of drug-likeness (QED) is 0.440. The lowest BCUT2D eigenvalue weighted by molar-refractivity contribution is 0.0531. The van der Waals surface area contributed by atoms with Crippen LogP contribution in [0.1, 0.15) is 27.7 Å². The van der Waals surface area contributed by atoms with Gasteiger partial charge in [-0.15, -0.1) is 16.4 Å². The molecule has 0 aliphatic carbocycles. The van der Waals surface area contributed by atoms with Crippen LogP contribution in [0.5, 0.6) is 0 Å². The summed E-state index contributed by atoms with van der Waals surface area (Å²) in [6.07, 6.45) is 1.61. The second-order valence-electron chi connectivity index (χ2n) is 6.94. The molecule has 0 aliphatic heterocycles. The van der Waals surface area contributed by atoms with Crippen molar-refractivity contribution in [2.75, 3.05) is 6.61 Å². The number of rotatable bonds is 4. The van der Waals surface area contributed by atoms with Crippen LogP contribution in [0.4, 0.5) is 0 Å². The third kappa shape index (κ3) is 2.94. The second-order valence-corrected chi connectivity index (χ2v) is 7.94. The Balaban J connectivity index is 1.59. The molecule has 0 unspecified atom stereocenters. The number of aromatic amines is 1. The molecule has 1 N–H and O–H groups in total. The number of fused-ring (bicyclic) bond motifs is 3.